The molecule has 3 heteroatoms. The van der Waals surface area contributed by atoms with E-state index in [0.29, 0.717) is 5.41 Å². The summed E-state index contributed by atoms with van der Waals surface area (Å²) in [6.07, 6.45) is 3.51. The van der Waals surface area contributed by atoms with Gasteiger partial charge >= 0.3 is 0 Å². The molecule has 0 saturated heterocycles. The second-order valence-corrected chi connectivity index (χ2v) is 5.73. The van der Waals surface area contributed by atoms with E-state index in [2.05, 4.69) is 31.1 Å². The number of rotatable bonds is 3. The molecule has 0 radical (unpaired) electrons. The molecule has 0 aliphatic heterocycles. The minimum absolute atomic E-state index is 0.250. The number of thiazole rings is 1. The molecule has 2 N–H and O–H groups in total. The predicted molar refractivity (Wildman–Crippen MR) is 60.5 cm³/mol. The van der Waals surface area contributed by atoms with Crippen LogP contribution < -0.4 is 5.73 Å². The van der Waals surface area contributed by atoms with Crippen molar-refractivity contribution in [3.05, 3.63) is 16.1 Å². The van der Waals surface area contributed by atoms with Gasteiger partial charge in [-0.25, -0.2) is 4.98 Å². The summed E-state index contributed by atoms with van der Waals surface area (Å²) in [5.74, 6) is 0. The predicted octanol–water partition coefficient (Wildman–Crippen LogP) is 2.78. The van der Waals surface area contributed by atoms with E-state index in [1.54, 1.807) is 11.3 Å². The molecule has 0 aromatic carbocycles. The first-order chi connectivity index (χ1) is 6.48. The lowest BCUT2D eigenvalue weighted by atomic mass is 9.97. The standard InChI is InChI=1S/C11H18N2S/c1-4-11(3,12)8-7-14-9(13-8)10(2)5-6-10/h7H,4-6,12H2,1-3H3. The van der Waals surface area contributed by atoms with E-state index in [9.17, 15) is 0 Å². The monoisotopic (exact) mass is 210 g/mol. The van der Waals surface area contributed by atoms with Crippen molar-refractivity contribution in [1.82, 2.24) is 4.98 Å². The van der Waals surface area contributed by atoms with E-state index in [0.717, 1.165) is 12.1 Å². The highest BCUT2D eigenvalue weighted by atomic mass is 32.1. The topological polar surface area (TPSA) is 38.9 Å². The number of nitrogens with two attached hydrogens (primary N) is 1. The summed E-state index contributed by atoms with van der Waals surface area (Å²) in [6, 6.07) is 0. The normalized spacial score (nSPS) is 23.1. The highest BCUT2D eigenvalue weighted by Crippen LogP contribution is 2.49. The number of aromatic nitrogens is 1. The van der Waals surface area contributed by atoms with Gasteiger partial charge in [-0.2, -0.15) is 0 Å². The van der Waals surface area contributed by atoms with Crippen LogP contribution in [0.4, 0.5) is 0 Å². The Morgan fingerprint density at radius 3 is 2.79 bits per heavy atom. The average molecular weight is 210 g/mol. The highest BCUT2D eigenvalue weighted by Gasteiger charge is 2.42. The molecule has 0 bridgehead atoms. The molecule has 0 spiro atoms. The molecule has 1 heterocycles. The summed E-state index contributed by atoms with van der Waals surface area (Å²) in [4.78, 5) is 4.68. The first-order valence-electron chi connectivity index (χ1n) is 5.23. The van der Waals surface area contributed by atoms with Crippen LogP contribution in [0.15, 0.2) is 5.38 Å². The van der Waals surface area contributed by atoms with Crippen LogP contribution in [0.2, 0.25) is 0 Å². The van der Waals surface area contributed by atoms with Gasteiger partial charge in [0.05, 0.1) is 16.2 Å². The van der Waals surface area contributed by atoms with Crippen LogP contribution >= 0.6 is 11.3 Å². The van der Waals surface area contributed by atoms with Crippen molar-refractivity contribution in [3.63, 3.8) is 0 Å². The van der Waals surface area contributed by atoms with Crippen LogP contribution in [0.25, 0.3) is 0 Å². The lowest BCUT2D eigenvalue weighted by molar-refractivity contribution is 0.462. The molecule has 1 atom stereocenters. The summed E-state index contributed by atoms with van der Waals surface area (Å²) < 4.78 is 0. The SMILES string of the molecule is CCC(C)(N)c1csc(C2(C)CC2)n1. The summed E-state index contributed by atoms with van der Waals surface area (Å²) >= 11 is 1.77. The third-order valence-corrected chi connectivity index (χ3v) is 4.49. The van der Waals surface area contributed by atoms with Crippen LogP contribution in [-0.2, 0) is 11.0 Å². The van der Waals surface area contributed by atoms with Gasteiger partial charge in [0.2, 0.25) is 0 Å². The van der Waals surface area contributed by atoms with Crippen molar-refractivity contribution in [2.45, 2.75) is 51.0 Å². The lowest BCUT2D eigenvalue weighted by Gasteiger charge is -2.19. The van der Waals surface area contributed by atoms with Crippen LogP contribution in [0.5, 0.6) is 0 Å². The average Bonchev–Trinajstić information content (AvgIpc) is 2.72. The van der Waals surface area contributed by atoms with E-state index in [-0.39, 0.29) is 5.54 Å². The number of hydrogen-bond acceptors (Lipinski definition) is 3. The molecule has 1 unspecified atom stereocenters. The Morgan fingerprint density at radius 1 is 1.64 bits per heavy atom. The first-order valence-corrected chi connectivity index (χ1v) is 6.11. The van der Waals surface area contributed by atoms with Crippen molar-refractivity contribution in [3.8, 4) is 0 Å². The third-order valence-electron chi connectivity index (χ3n) is 3.34. The maximum atomic E-state index is 6.16. The van der Waals surface area contributed by atoms with Gasteiger partial charge in [0.25, 0.3) is 0 Å². The quantitative estimate of drug-likeness (QED) is 0.833. The van der Waals surface area contributed by atoms with Crippen molar-refractivity contribution >= 4 is 11.3 Å². The Labute approximate surface area is 89.5 Å². The van der Waals surface area contributed by atoms with Gasteiger partial charge in [-0.1, -0.05) is 13.8 Å². The molecule has 78 valence electrons. The Hall–Kier alpha value is -0.410. The van der Waals surface area contributed by atoms with Gasteiger partial charge in [-0.15, -0.1) is 11.3 Å². The molecule has 1 aliphatic carbocycles. The molecular weight excluding hydrogens is 192 g/mol. The van der Waals surface area contributed by atoms with E-state index >= 15 is 0 Å². The van der Waals surface area contributed by atoms with Gasteiger partial charge in [-0.05, 0) is 26.2 Å². The molecule has 1 aromatic heterocycles. The molecule has 1 saturated carbocycles. The maximum Gasteiger partial charge on any atom is 0.0988 e. The maximum absolute atomic E-state index is 6.16. The van der Waals surface area contributed by atoms with Gasteiger partial charge in [0.15, 0.2) is 0 Å². The molecular formula is C11H18N2S. The highest BCUT2D eigenvalue weighted by molar-refractivity contribution is 7.09. The molecule has 2 nitrogen and oxygen atoms in total. The van der Waals surface area contributed by atoms with E-state index in [1.165, 1.54) is 17.8 Å². The van der Waals surface area contributed by atoms with Crippen LogP contribution in [0.3, 0.4) is 0 Å². The van der Waals surface area contributed by atoms with Crippen molar-refractivity contribution in [2.24, 2.45) is 5.73 Å². The van der Waals surface area contributed by atoms with Crippen LogP contribution in [0, 0.1) is 0 Å². The van der Waals surface area contributed by atoms with Crippen molar-refractivity contribution in [1.29, 1.82) is 0 Å². The Balaban J connectivity index is 2.26. The Kier molecular flexibility index (Phi) is 2.20. The van der Waals surface area contributed by atoms with Gasteiger partial charge in [0.1, 0.15) is 0 Å². The summed E-state index contributed by atoms with van der Waals surface area (Å²) in [6.45, 7) is 6.45. The zero-order valence-corrected chi connectivity index (χ0v) is 9.95. The molecule has 0 amide bonds. The summed E-state index contributed by atoms with van der Waals surface area (Å²) in [5, 5.41) is 3.40. The largest absolute Gasteiger partial charge is 0.320 e. The van der Waals surface area contributed by atoms with Crippen molar-refractivity contribution < 1.29 is 0 Å². The molecule has 2 rings (SSSR count). The van der Waals surface area contributed by atoms with Crippen molar-refractivity contribution in [2.75, 3.05) is 0 Å². The van der Waals surface area contributed by atoms with E-state index < -0.39 is 0 Å². The molecule has 1 aromatic rings. The fourth-order valence-electron chi connectivity index (χ4n) is 1.40. The lowest BCUT2D eigenvalue weighted by Crippen LogP contribution is -2.32. The fraction of sp³-hybridized carbons (Fsp3) is 0.727. The Bertz CT molecular complexity index is 337. The smallest absolute Gasteiger partial charge is 0.0988 e. The Morgan fingerprint density at radius 2 is 2.29 bits per heavy atom. The van der Waals surface area contributed by atoms with Gasteiger partial charge in [-0.3, -0.25) is 0 Å². The minimum Gasteiger partial charge on any atom is -0.320 e. The number of hydrogen-bond donors (Lipinski definition) is 1. The second kappa shape index (κ2) is 3.04. The summed E-state index contributed by atoms with van der Waals surface area (Å²) in [5.41, 5.74) is 7.35. The van der Waals surface area contributed by atoms with Crippen LogP contribution in [0.1, 0.15) is 50.7 Å². The number of nitrogens with zero attached hydrogens (tertiary/aromatic N) is 1. The molecule has 14 heavy (non-hydrogen) atoms. The van der Waals surface area contributed by atoms with Crippen LogP contribution in [-0.4, -0.2) is 4.98 Å². The summed E-state index contributed by atoms with van der Waals surface area (Å²) in [7, 11) is 0. The fourth-order valence-corrected chi connectivity index (χ4v) is 2.58. The third kappa shape index (κ3) is 1.59. The molecule has 1 aliphatic rings. The van der Waals surface area contributed by atoms with Gasteiger partial charge < -0.3 is 5.73 Å². The minimum atomic E-state index is -0.250. The zero-order chi connectivity index (χ0) is 10.4. The van der Waals surface area contributed by atoms with Gasteiger partial charge in [0, 0.05) is 10.8 Å². The van der Waals surface area contributed by atoms with E-state index in [4.69, 9.17) is 5.73 Å². The molecule has 1 fully saturated rings. The first kappa shape index (κ1) is 10.1. The second-order valence-electron chi connectivity index (χ2n) is 4.87. The zero-order valence-electron chi connectivity index (χ0n) is 9.13. The van der Waals surface area contributed by atoms with E-state index in [1.807, 2.05) is 0 Å².